The molecule has 0 atom stereocenters. The van der Waals surface area contributed by atoms with E-state index in [1.165, 1.54) is 34.5 Å². The van der Waals surface area contributed by atoms with Crippen molar-refractivity contribution in [1.29, 1.82) is 0 Å². The molecule has 1 aliphatic rings. The van der Waals surface area contributed by atoms with Crippen molar-refractivity contribution in [3.05, 3.63) is 35.9 Å². The average Bonchev–Trinajstić information content (AvgIpc) is 3.05. The van der Waals surface area contributed by atoms with Crippen LogP contribution < -0.4 is 4.74 Å². The first-order valence-corrected chi connectivity index (χ1v) is 11.9. The molecule has 1 aromatic rings. The highest BCUT2D eigenvalue weighted by atomic mass is 32.2. The predicted octanol–water partition coefficient (Wildman–Crippen LogP) is 2.84. The number of hydrogen-bond donors (Lipinski definition) is 0. The van der Waals surface area contributed by atoms with Crippen molar-refractivity contribution in [3.8, 4) is 5.75 Å². The Morgan fingerprint density at radius 1 is 1.16 bits per heavy atom. The summed E-state index contributed by atoms with van der Waals surface area (Å²) in [6.45, 7) is 8.71. The topological polar surface area (TPSA) is 93.2 Å². The summed E-state index contributed by atoms with van der Waals surface area (Å²) in [6.07, 6.45) is 3.57. The van der Waals surface area contributed by atoms with Crippen molar-refractivity contribution in [2.24, 2.45) is 0 Å². The van der Waals surface area contributed by atoms with Crippen molar-refractivity contribution >= 4 is 21.9 Å². The Kier molecular flexibility index (Phi) is 9.06. The molecule has 1 saturated heterocycles. The number of nitrogens with zero attached hydrogens (tertiary/aromatic N) is 2. The number of carbonyl (C=O) groups excluding carboxylic acids is 2. The fraction of sp³-hybridized carbons (Fsp3) is 0.545. The van der Waals surface area contributed by atoms with Gasteiger partial charge in [-0.1, -0.05) is 25.0 Å². The second-order valence-electron chi connectivity index (χ2n) is 7.63. The van der Waals surface area contributed by atoms with Crippen LogP contribution in [-0.4, -0.2) is 69.4 Å². The number of benzene rings is 1. The highest BCUT2D eigenvalue weighted by Gasteiger charge is 2.29. The lowest BCUT2D eigenvalue weighted by molar-refractivity contribution is -0.133. The van der Waals surface area contributed by atoms with E-state index in [2.05, 4.69) is 6.58 Å². The third kappa shape index (κ3) is 6.54. The maximum absolute atomic E-state index is 13.2. The van der Waals surface area contributed by atoms with Gasteiger partial charge in [0.2, 0.25) is 10.0 Å². The molecule has 1 aromatic carbocycles. The van der Waals surface area contributed by atoms with E-state index in [4.69, 9.17) is 9.47 Å². The van der Waals surface area contributed by atoms with E-state index in [0.29, 0.717) is 26.2 Å². The van der Waals surface area contributed by atoms with Crippen LogP contribution in [0.3, 0.4) is 0 Å². The van der Waals surface area contributed by atoms with Gasteiger partial charge in [-0.05, 0) is 44.9 Å². The number of carbonyl (C=O) groups is 2. The second-order valence-corrected chi connectivity index (χ2v) is 9.53. The Morgan fingerprint density at radius 2 is 1.81 bits per heavy atom. The second kappa shape index (κ2) is 11.3. The van der Waals surface area contributed by atoms with Gasteiger partial charge in [0.15, 0.2) is 6.61 Å². The number of hydrogen-bond acceptors (Lipinski definition) is 6. The number of ether oxygens (including phenoxy) is 2. The summed E-state index contributed by atoms with van der Waals surface area (Å²) in [5, 5.41) is 0. The number of sulfonamides is 1. The molecule has 1 heterocycles. The molecule has 8 nitrogen and oxygen atoms in total. The molecule has 9 heteroatoms. The minimum absolute atomic E-state index is 0.0462. The monoisotopic (exact) mass is 452 g/mol. The van der Waals surface area contributed by atoms with E-state index >= 15 is 0 Å². The summed E-state index contributed by atoms with van der Waals surface area (Å²) in [7, 11) is -2.45. The van der Waals surface area contributed by atoms with Crippen LogP contribution in [0.25, 0.3) is 0 Å². The van der Waals surface area contributed by atoms with Crippen molar-refractivity contribution in [1.82, 2.24) is 9.21 Å². The largest absolute Gasteiger partial charge is 0.495 e. The molecular formula is C22H32N2O6S. The number of rotatable bonds is 9. The van der Waals surface area contributed by atoms with Crippen LogP contribution in [0.1, 0.15) is 49.9 Å². The Balaban J connectivity index is 2.19. The zero-order chi connectivity index (χ0) is 23.0. The molecule has 0 aromatic heterocycles. The minimum atomic E-state index is -3.83. The molecule has 0 radical (unpaired) electrons. The smallest absolute Gasteiger partial charge is 0.338 e. The molecule has 1 amide bonds. The zero-order valence-electron chi connectivity index (χ0n) is 18.6. The van der Waals surface area contributed by atoms with Crippen molar-refractivity contribution in [2.75, 3.05) is 39.9 Å². The van der Waals surface area contributed by atoms with Crippen LogP contribution in [0.2, 0.25) is 0 Å². The zero-order valence-corrected chi connectivity index (χ0v) is 19.4. The Morgan fingerprint density at radius 3 is 2.35 bits per heavy atom. The van der Waals surface area contributed by atoms with Crippen molar-refractivity contribution in [3.63, 3.8) is 0 Å². The van der Waals surface area contributed by atoms with Crippen LogP contribution in [-0.2, 0) is 19.6 Å². The van der Waals surface area contributed by atoms with Crippen molar-refractivity contribution < 1.29 is 27.5 Å². The highest BCUT2D eigenvalue weighted by Crippen LogP contribution is 2.29. The molecule has 1 fully saturated rings. The number of esters is 1. The maximum atomic E-state index is 13.2. The third-order valence-corrected chi connectivity index (χ3v) is 7.02. The first-order chi connectivity index (χ1) is 14.7. The summed E-state index contributed by atoms with van der Waals surface area (Å²) in [6, 6.07) is 4.12. The summed E-state index contributed by atoms with van der Waals surface area (Å²) >= 11 is 0. The SMILES string of the molecule is C=C(C)CN(CC)C(=O)COC(=O)c1ccc(OC)c(S(=O)(=O)N2CCCCCC2)c1. The molecule has 0 bridgehead atoms. The fourth-order valence-electron chi connectivity index (χ4n) is 3.43. The summed E-state index contributed by atoms with van der Waals surface area (Å²) in [5.74, 6) is -0.949. The van der Waals surface area contributed by atoms with Crippen LogP contribution in [0.4, 0.5) is 0 Å². The molecule has 172 valence electrons. The Labute approximate surface area is 184 Å². The standard InChI is InChI=1S/C22H32N2O6S/c1-5-23(15-17(2)3)21(25)16-30-22(26)18-10-11-19(29-4)20(14-18)31(27,28)24-12-8-6-7-9-13-24/h10-11,14H,2,5-9,12-13,15-16H2,1,3-4H3. The fourth-order valence-corrected chi connectivity index (χ4v) is 5.13. The molecule has 0 saturated carbocycles. The number of amides is 1. The molecule has 31 heavy (non-hydrogen) atoms. The maximum Gasteiger partial charge on any atom is 0.338 e. The molecule has 0 aliphatic carbocycles. The van der Waals surface area contributed by atoms with E-state index in [-0.39, 0.29) is 22.1 Å². The highest BCUT2D eigenvalue weighted by molar-refractivity contribution is 7.89. The third-order valence-electron chi connectivity index (χ3n) is 5.10. The lowest BCUT2D eigenvalue weighted by Crippen LogP contribution is -2.35. The molecule has 0 unspecified atom stereocenters. The van der Waals surface area contributed by atoms with Gasteiger partial charge in [0.25, 0.3) is 5.91 Å². The summed E-state index contributed by atoms with van der Waals surface area (Å²) < 4.78 is 38.3. The van der Waals surface area contributed by atoms with E-state index in [0.717, 1.165) is 31.3 Å². The normalized spacial score (nSPS) is 15.1. The Hall–Kier alpha value is -2.39. The summed E-state index contributed by atoms with van der Waals surface area (Å²) in [5.41, 5.74) is 0.866. The first-order valence-electron chi connectivity index (χ1n) is 10.5. The van der Waals surface area contributed by atoms with E-state index in [1.54, 1.807) is 0 Å². The average molecular weight is 453 g/mol. The van der Waals surface area contributed by atoms with Gasteiger partial charge < -0.3 is 14.4 Å². The first kappa shape index (κ1) is 24.9. The number of methoxy groups -OCH3 is 1. The lowest BCUT2D eigenvalue weighted by atomic mass is 10.2. The van der Waals surface area contributed by atoms with Gasteiger partial charge in [0.05, 0.1) is 12.7 Å². The van der Waals surface area contributed by atoms with E-state index in [1.807, 2.05) is 13.8 Å². The minimum Gasteiger partial charge on any atom is -0.495 e. The molecule has 1 aliphatic heterocycles. The van der Waals surface area contributed by atoms with Crippen LogP contribution in [0.5, 0.6) is 5.75 Å². The van der Waals surface area contributed by atoms with Crippen LogP contribution >= 0.6 is 0 Å². The van der Waals surface area contributed by atoms with Crippen molar-refractivity contribution in [2.45, 2.75) is 44.4 Å². The van der Waals surface area contributed by atoms with Gasteiger partial charge in [0, 0.05) is 26.2 Å². The van der Waals surface area contributed by atoms with Gasteiger partial charge >= 0.3 is 5.97 Å². The van der Waals surface area contributed by atoms with Gasteiger partial charge in [-0.2, -0.15) is 4.31 Å². The lowest BCUT2D eigenvalue weighted by Gasteiger charge is -2.22. The van der Waals surface area contributed by atoms with Gasteiger partial charge in [-0.15, -0.1) is 0 Å². The molecule has 2 rings (SSSR count). The van der Waals surface area contributed by atoms with Crippen LogP contribution in [0, 0.1) is 0 Å². The van der Waals surface area contributed by atoms with E-state index < -0.39 is 22.6 Å². The van der Waals surface area contributed by atoms with Gasteiger partial charge in [-0.3, -0.25) is 4.79 Å². The van der Waals surface area contributed by atoms with Crippen LogP contribution in [0.15, 0.2) is 35.2 Å². The quantitative estimate of drug-likeness (QED) is 0.423. The van der Waals surface area contributed by atoms with Gasteiger partial charge in [-0.25, -0.2) is 13.2 Å². The Bertz CT molecular complexity index is 905. The predicted molar refractivity (Wildman–Crippen MR) is 118 cm³/mol. The number of likely N-dealkylation sites (N-methyl/N-ethyl adjacent to an activating group) is 1. The molecular weight excluding hydrogens is 420 g/mol. The van der Waals surface area contributed by atoms with Gasteiger partial charge in [0.1, 0.15) is 10.6 Å². The molecule has 0 spiro atoms. The molecule has 0 N–H and O–H groups in total. The summed E-state index contributed by atoms with van der Waals surface area (Å²) in [4.78, 5) is 26.3. The van der Waals surface area contributed by atoms with E-state index in [9.17, 15) is 18.0 Å².